The molecule has 0 amide bonds. The summed E-state index contributed by atoms with van der Waals surface area (Å²) in [7, 11) is 0. The van der Waals surface area contributed by atoms with Gasteiger partial charge in [0.1, 0.15) is 0 Å². The van der Waals surface area contributed by atoms with E-state index >= 15 is 0 Å². The van der Waals surface area contributed by atoms with Gasteiger partial charge in [-0.05, 0) is 41.9 Å². The van der Waals surface area contributed by atoms with Gasteiger partial charge in [0.05, 0.1) is 0 Å². The standard InChI is InChI=1S/C14H27Cl/c1-13(2,3)11-8-7-10(15)9-12(11)14(4,5)6/h10-12H,7-9H2,1-6H3. The molecule has 0 aromatic rings. The Hall–Kier alpha value is 0.290. The highest BCUT2D eigenvalue weighted by Gasteiger charge is 2.42. The maximum absolute atomic E-state index is 6.33. The van der Waals surface area contributed by atoms with Crippen LogP contribution in [0.25, 0.3) is 0 Å². The van der Waals surface area contributed by atoms with Gasteiger partial charge in [0.15, 0.2) is 0 Å². The molecule has 1 heteroatoms. The minimum Gasteiger partial charge on any atom is -0.123 e. The number of hydrogen-bond acceptors (Lipinski definition) is 0. The van der Waals surface area contributed by atoms with Gasteiger partial charge in [0, 0.05) is 5.38 Å². The Bertz CT molecular complexity index is 206. The molecule has 0 saturated heterocycles. The van der Waals surface area contributed by atoms with Gasteiger partial charge in [0.2, 0.25) is 0 Å². The Kier molecular flexibility index (Phi) is 3.81. The summed E-state index contributed by atoms with van der Waals surface area (Å²) in [5, 5.41) is 0.410. The van der Waals surface area contributed by atoms with E-state index in [1.54, 1.807) is 0 Å². The van der Waals surface area contributed by atoms with Gasteiger partial charge < -0.3 is 0 Å². The number of halogens is 1. The van der Waals surface area contributed by atoms with Crippen LogP contribution in [-0.4, -0.2) is 5.38 Å². The molecule has 90 valence electrons. The van der Waals surface area contributed by atoms with Crippen molar-refractivity contribution in [1.29, 1.82) is 0 Å². The Morgan fingerprint density at radius 2 is 1.27 bits per heavy atom. The van der Waals surface area contributed by atoms with E-state index in [9.17, 15) is 0 Å². The van der Waals surface area contributed by atoms with Crippen LogP contribution in [0.15, 0.2) is 0 Å². The Morgan fingerprint density at radius 3 is 1.67 bits per heavy atom. The highest BCUT2D eigenvalue weighted by atomic mass is 35.5. The SMILES string of the molecule is CC(C)(C)C1CCC(Cl)CC1C(C)(C)C. The van der Waals surface area contributed by atoms with Crippen molar-refractivity contribution in [2.45, 2.75) is 66.2 Å². The van der Waals surface area contributed by atoms with Crippen molar-refractivity contribution >= 4 is 11.6 Å². The van der Waals surface area contributed by atoms with E-state index in [0.717, 1.165) is 11.8 Å². The topological polar surface area (TPSA) is 0 Å². The van der Waals surface area contributed by atoms with Crippen molar-refractivity contribution in [3.8, 4) is 0 Å². The molecule has 0 spiro atoms. The summed E-state index contributed by atoms with van der Waals surface area (Å²) in [5.41, 5.74) is 0.820. The summed E-state index contributed by atoms with van der Waals surface area (Å²) in [6.45, 7) is 14.2. The van der Waals surface area contributed by atoms with Crippen LogP contribution >= 0.6 is 11.6 Å². The van der Waals surface area contributed by atoms with E-state index < -0.39 is 0 Å². The predicted molar refractivity (Wildman–Crippen MR) is 69.4 cm³/mol. The molecule has 0 aliphatic heterocycles. The molecule has 1 aliphatic rings. The summed E-state index contributed by atoms with van der Waals surface area (Å²) in [6, 6.07) is 0. The third kappa shape index (κ3) is 3.37. The minimum absolute atomic E-state index is 0.394. The van der Waals surface area contributed by atoms with Gasteiger partial charge in [-0.15, -0.1) is 11.6 Å². The average Bonchev–Trinajstić information content (AvgIpc) is 2.00. The fourth-order valence-corrected chi connectivity index (χ4v) is 3.43. The lowest BCUT2D eigenvalue weighted by Crippen LogP contribution is -2.40. The van der Waals surface area contributed by atoms with Crippen molar-refractivity contribution in [3.63, 3.8) is 0 Å². The Balaban J connectivity index is 2.85. The van der Waals surface area contributed by atoms with Gasteiger partial charge in [-0.25, -0.2) is 0 Å². The van der Waals surface area contributed by atoms with E-state index in [1.807, 2.05) is 0 Å². The molecular weight excluding hydrogens is 204 g/mol. The number of rotatable bonds is 0. The van der Waals surface area contributed by atoms with Crippen molar-refractivity contribution in [2.24, 2.45) is 22.7 Å². The molecule has 0 bridgehead atoms. The van der Waals surface area contributed by atoms with Crippen molar-refractivity contribution in [2.75, 3.05) is 0 Å². The lowest BCUT2D eigenvalue weighted by atomic mass is 9.59. The first-order chi connectivity index (χ1) is 6.62. The van der Waals surface area contributed by atoms with Crippen LogP contribution in [0.5, 0.6) is 0 Å². The zero-order chi connectivity index (χ0) is 11.9. The van der Waals surface area contributed by atoms with E-state index in [1.165, 1.54) is 19.3 Å². The fraction of sp³-hybridized carbons (Fsp3) is 1.00. The van der Waals surface area contributed by atoms with Gasteiger partial charge >= 0.3 is 0 Å². The first kappa shape index (κ1) is 13.4. The molecule has 3 unspecified atom stereocenters. The molecule has 0 N–H and O–H groups in total. The summed E-state index contributed by atoms with van der Waals surface area (Å²) in [4.78, 5) is 0. The summed E-state index contributed by atoms with van der Waals surface area (Å²) in [5.74, 6) is 1.60. The third-order valence-corrected chi connectivity index (χ3v) is 4.41. The molecule has 15 heavy (non-hydrogen) atoms. The Morgan fingerprint density at radius 1 is 0.800 bits per heavy atom. The summed E-state index contributed by atoms with van der Waals surface area (Å²) >= 11 is 6.33. The maximum Gasteiger partial charge on any atom is 0.0339 e. The molecule has 3 atom stereocenters. The molecule has 0 nitrogen and oxygen atoms in total. The van der Waals surface area contributed by atoms with E-state index in [-0.39, 0.29) is 0 Å². The highest BCUT2D eigenvalue weighted by molar-refractivity contribution is 6.20. The molecule has 1 saturated carbocycles. The van der Waals surface area contributed by atoms with Crippen LogP contribution in [-0.2, 0) is 0 Å². The van der Waals surface area contributed by atoms with Gasteiger partial charge in [0.25, 0.3) is 0 Å². The quantitative estimate of drug-likeness (QED) is 0.508. The summed E-state index contributed by atoms with van der Waals surface area (Å²) < 4.78 is 0. The first-order valence-electron chi connectivity index (χ1n) is 6.26. The zero-order valence-corrected chi connectivity index (χ0v) is 12.0. The van der Waals surface area contributed by atoms with Gasteiger partial charge in [-0.3, -0.25) is 0 Å². The van der Waals surface area contributed by atoms with Crippen LogP contribution < -0.4 is 0 Å². The molecule has 0 radical (unpaired) electrons. The second-order valence-electron chi connectivity index (χ2n) is 7.36. The van der Waals surface area contributed by atoms with Crippen molar-refractivity contribution < 1.29 is 0 Å². The third-order valence-electron chi connectivity index (χ3n) is 4.01. The molecule has 0 aromatic heterocycles. The predicted octanol–water partition coefficient (Wildman–Crippen LogP) is 5.10. The Labute approximate surface area is 101 Å². The lowest BCUT2D eigenvalue weighted by Gasteiger charge is -2.48. The zero-order valence-electron chi connectivity index (χ0n) is 11.2. The molecule has 0 heterocycles. The monoisotopic (exact) mass is 230 g/mol. The smallest absolute Gasteiger partial charge is 0.0339 e. The molecule has 1 fully saturated rings. The number of hydrogen-bond donors (Lipinski definition) is 0. The van der Waals surface area contributed by atoms with Crippen molar-refractivity contribution in [1.82, 2.24) is 0 Å². The largest absolute Gasteiger partial charge is 0.123 e. The first-order valence-corrected chi connectivity index (χ1v) is 6.70. The molecular formula is C14H27Cl. The van der Waals surface area contributed by atoms with Crippen LogP contribution in [0.3, 0.4) is 0 Å². The molecule has 0 aromatic carbocycles. The van der Waals surface area contributed by atoms with Crippen LogP contribution in [0.2, 0.25) is 0 Å². The second-order valence-corrected chi connectivity index (χ2v) is 7.97. The van der Waals surface area contributed by atoms with Crippen LogP contribution in [0, 0.1) is 22.7 Å². The van der Waals surface area contributed by atoms with Gasteiger partial charge in [-0.1, -0.05) is 41.5 Å². The fourth-order valence-electron chi connectivity index (χ4n) is 3.11. The number of alkyl halides is 1. The summed E-state index contributed by atoms with van der Waals surface area (Å²) in [6.07, 6.45) is 3.71. The average molecular weight is 231 g/mol. The molecule has 1 aliphatic carbocycles. The van der Waals surface area contributed by atoms with E-state index in [2.05, 4.69) is 41.5 Å². The van der Waals surface area contributed by atoms with Crippen LogP contribution in [0.1, 0.15) is 60.8 Å². The normalized spacial score (nSPS) is 34.2. The second kappa shape index (κ2) is 4.28. The van der Waals surface area contributed by atoms with Crippen molar-refractivity contribution in [3.05, 3.63) is 0 Å². The molecule has 1 rings (SSSR count). The van der Waals surface area contributed by atoms with Gasteiger partial charge in [-0.2, -0.15) is 0 Å². The highest BCUT2D eigenvalue weighted by Crippen LogP contribution is 2.49. The van der Waals surface area contributed by atoms with E-state index in [0.29, 0.717) is 16.2 Å². The minimum atomic E-state index is 0.394. The van der Waals surface area contributed by atoms with E-state index in [4.69, 9.17) is 11.6 Å². The van der Waals surface area contributed by atoms with Crippen LogP contribution in [0.4, 0.5) is 0 Å². The lowest BCUT2D eigenvalue weighted by molar-refractivity contribution is 0.0351. The maximum atomic E-state index is 6.33.